The molecule has 0 saturated heterocycles. The van der Waals surface area contributed by atoms with E-state index in [-0.39, 0.29) is 18.4 Å². The summed E-state index contributed by atoms with van der Waals surface area (Å²) in [7, 11) is 0. The van der Waals surface area contributed by atoms with Crippen molar-refractivity contribution < 1.29 is 14.3 Å². The second-order valence-electron chi connectivity index (χ2n) is 7.00. The summed E-state index contributed by atoms with van der Waals surface area (Å²) < 4.78 is 5.49. The van der Waals surface area contributed by atoms with Crippen molar-refractivity contribution in [1.29, 1.82) is 0 Å². The molecule has 0 bridgehead atoms. The zero-order chi connectivity index (χ0) is 19.8. The van der Waals surface area contributed by atoms with Gasteiger partial charge in [0.15, 0.2) is 6.61 Å². The molecule has 1 saturated carbocycles. The lowest BCUT2D eigenvalue weighted by molar-refractivity contribution is -0.123. The number of carbonyl (C=O) groups is 2. The summed E-state index contributed by atoms with van der Waals surface area (Å²) in [6, 6.07) is 15.5. The van der Waals surface area contributed by atoms with Crippen molar-refractivity contribution in [2.45, 2.75) is 38.1 Å². The van der Waals surface area contributed by atoms with E-state index in [9.17, 15) is 9.59 Å². The molecule has 3 rings (SSSR count). The van der Waals surface area contributed by atoms with Crippen LogP contribution in [0.15, 0.2) is 48.5 Å². The van der Waals surface area contributed by atoms with Crippen LogP contribution in [0.5, 0.6) is 5.75 Å². The van der Waals surface area contributed by atoms with E-state index in [2.05, 4.69) is 10.6 Å². The number of hydrogen-bond donors (Lipinski definition) is 2. The Kier molecular flexibility index (Phi) is 7.31. The first kappa shape index (κ1) is 20.2. The fraction of sp³-hybridized carbons (Fsp3) is 0.364. The summed E-state index contributed by atoms with van der Waals surface area (Å²) in [5.74, 6) is 0.619. The highest BCUT2D eigenvalue weighted by Gasteiger charge is 2.23. The third kappa shape index (κ3) is 7.24. The molecular formula is C22H25ClN2O3. The first-order valence-electron chi connectivity index (χ1n) is 9.61. The monoisotopic (exact) mass is 400 g/mol. The van der Waals surface area contributed by atoms with Gasteiger partial charge >= 0.3 is 0 Å². The number of rotatable bonds is 10. The van der Waals surface area contributed by atoms with Crippen LogP contribution in [-0.4, -0.2) is 31.0 Å². The predicted octanol–water partition coefficient (Wildman–Crippen LogP) is 3.29. The van der Waals surface area contributed by atoms with Crippen LogP contribution in [0.4, 0.5) is 0 Å². The molecule has 5 nitrogen and oxygen atoms in total. The van der Waals surface area contributed by atoms with Gasteiger partial charge in [-0.3, -0.25) is 9.59 Å². The van der Waals surface area contributed by atoms with Crippen LogP contribution in [0.2, 0.25) is 5.02 Å². The fourth-order valence-electron chi connectivity index (χ4n) is 2.78. The van der Waals surface area contributed by atoms with Gasteiger partial charge < -0.3 is 15.4 Å². The van der Waals surface area contributed by atoms with Crippen LogP contribution < -0.4 is 15.4 Å². The molecule has 2 N–H and O–H groups in total. The van der Waals surface area contributed by atoms with Crippen molar-refractivity contribution in [2.24, 2.45) is 0 Å². The lowest BCUT2D eigenvalue weighted by Gasteiger charge is -2.08. The molecule has 6 heteroatoms. The van der Waals surface area contributed by atoms with E-state index in [1.54, 1.807) is 0 Å². The minimum Gasteiger partial charge on any atom is -0.484 e. The minimum atomic E-state index is -0.0768. The third-order valence-electron chi connectivity index (χ3n) is 4.50. The van der Waals surface area contributed by atoms with E-state index in [0.29, 0.717) is 36.2 Å². The minimum absolute atomic E-state index is 0.0293. The van der Waals surface area contributed by atoms with Gasteiger partial charge in [0.25, 0.3) is 5.91 Å². The van der Waals surface area contributed by atoms with Gasteiger partial charge in [-0.2, -0.15) is 0 Å². The molecule has 148 valence electrons. The van der Waals surface area contributed by atoms with Crippen molar-refractivity contribution in [3.8, 4) is 5.75 Å². The molecule has 0 spiro atoms. The van der Waals surface area contributed by atoms with E-state index in [0.717, 1.165) is 30.4 Å². The van der Waals surface area contributed by atoms with E-state index in [1.807, 2.05) is 48.5 Å². The maximum Gasteiger partial charge on any atom is 0.258 e. The Bertz CT molecular complexity index is 804. The lowest BCUT2D eigenvalue weighted by atomic mass is 10.1. The molecule has 1 fully saturated rings. The second-order valence-corrected chi connectivity index (χ2v) is 7.44. The molecule has 2 aromatic rings. The lowest BCUT2D eigenvalue weighted by Crippen LogP contribution is -2.30. The second kappa shape index (κ2) is 10.1. The highest BCUT2D eigenvalue weighted by molar-refractivity contribution is 6.30. The number of benzene rings is 2. The van der Waals surface area contributed by atoms with E-state index < -0.39 is 0 Å². The summed E-state index contributed by atoms with van der Waals surface area (Å²) in [6.45, 7) is 0.622. The van der Waals surface area contributed by atoms with Crippen molar-refractivity contribution in [1.82, 2.24) is 10.6 Å². The summed E-state index contributed by atoms with van der Waals surface area (Å²) in [6.07, 6.45) is 3.99. The number of hydrogen-bond acceptors (Lipinski definition) is 3. The molecule has 0 radical (unpaired) electrons. The maximum absolute atomic E-state index is 12.0. The summed E-state index contributed by atoms with van der Waals surface area (Å²) in [5.41, 5.74) is 2.16. The zero-order valence-electron chi connectivity index (χ0n) is 15.7. The van der Waals surface area contributed by atoms with Crippen molar-refractivity contribution in [3.63, 3.8) is 0 Å². The zero-order valence-corrected chi connectivity index (χ0v) is 16.5. The van der Waals surface area contributed by atoms with Gasteiger partial charge in [-0.05, 0) is 61.1 Å². The highest BCUT2D eigenvalue weighted by Crippen LogP contribution is 2.18. The Hall–Kier alpha value is -2.53. The fourth-order valence-corrected chi connectivity index (χ4v) is 3.00. The van der Waals surface area contributed by atoms with Crippen molar-refractivity contribution >= 4 is 23.4 Å². The summed E-state index contributed by atoms with van der Waals surface area (Å²) >= 11 is 5.95. The molecule has 0 aliphatic heterocycles. The Labute approximate surface area is 170 Å². The average Bonchev–Trinajstić information content (AvgIpc) is 3.50. The van der Waals surface area contributed by atoms with Gasteiger partial charge in [-0.25, -0.2) is 0 Å². The molecule has 0 unspecified atom stereocenters. The normalized spacial score (nSPS) is 13.0. The highest BCUT2D eigenvalue weighted by atomic mass is 35.5. The topological polar surface area (TPSA) is 67.4 Å². The first-order valence-corrected chi connectivity index (χ1v) is 9.98. The summed E-state index contributed by atoms with van der Waals surface area (Å²) in [4.78, 5) is 23.6. The van der Waals surface area contributed by atoms with Gasteiger partial charge in [-0.15, -0.1) is 0 Å². The first-order chi connectivity index (χ1) is 13.6. The molecule has 2 aromatic carbocycles. The predicted molar refractivity (Wildman–Crippen MR) is 110 cm³/mol. The smallest absolute Gasteiger partial charge is 0.258 e. The largest absolute Gasteiger partial charge is 0.484 e. The number of amides is 2. The van der Waals surface area contributed by atoms with E-state index in [1.165, 1.54) is 0 Å². The van der Waals surface area contributed by atoms with Crippen molar-refractivity contribution in [2.75, 3.05) is 13.2 Å². The number of nitrogens with one attached hydrogen (secondary N) is 2. The Morgan fingerprint density at radius 1 is 1.00 bits per heavy atom. The van der Waals surface area contributed by atoms with Crippen LogP contribution in [0.1, 0.15) is 30.4 Å². The number of carbonyl (C=O) groups excluding carboxylic acids is 2. The molecule has 28 heavy (non-hydrogen) atoms. The van der Waals surface area contributed by atoms with Gasteiger partial charge in [0, 0.05) is 24.0 Å². The molecule has 0 atom stereocenters. The molecular weight excluding hydrogens is 376 g/mol. The molecule has 2 amide bonds. The Balaban J connectivity index is 1.31. The van der Waals surface area contributed by atoms with Gasteiger partial charge in [0.05, 0.1) is 0 Å². The molecule has 0 aromatic heterocycles. The molecule has 0 heterocycles. The number of halogens is 1. The van der Waals surface area contributed by atoms with Gasteiger partial charge in [0.2, 0.25) is 5.91 Å². The van der Waals surface area contributed by atoms with Crippen molar-refractivity contribution in [3.05, 3.63) is 64.7 Å². The average molecular weight is 401 g/mol. The Morgan fingerprint density at radius 3 is 2.50 bits per heavy atom. The summed E-state index contributed by atoms with van der Waals surface area (Å²) in [5, 5.41) is 6.51. The quantitative estimate of drug-likeness (QED) is 0.643. The molecule has 1 aliphatic carbocycles. The van der Waals surface area contributed by atoms with E-state index >= 15 is 0 Å². The standard InChI is InChI=1S/C22H25ClN2O3/c23-18-3-1-2-17(14-18)6-11-21(26)24-13-12-16-4-9-20(10-5-16)28-15-22(27)25-19-7-8-19/h1-5,9-10,14,19H,6-8,11-13,15H2,(H,24,26)(H,25,27). The van der Waals surface area contributed by atoms with Gasteiger partial charge in [0.1, 0.15) is 5.75 Å². The van der Waals surface area contributed by atoms with Crippen LogP contribution in [-0.2, 0) is 22.4 Å². The van der Waals surface area contributed by atoms with Crippen LogP contribution in [0, 0.1) is 0 Å². The SMILES string of the molecule is O=C(CCc1cccc(Cl)c1)NCCc1ccc(OCC(=O)NC2CC2)cc1. The van der Waals surface area contributed by atoms with Crippen LogP contribution in [0.3, 0.4) is 0 Å². The van der Waals surface area contributed by atoms with Gasteiger partial charge in [-0.1, -0.05) is 35.9 Å². The van der Waals surface area contributed by atoms with Crippen LogP contribution >= 0.6 is 11.6 Å². The number of aryl methyl sites for hydroxylation is 1. The number of ether oxygens (including phenoxy) is 1. The van der Waals surface area contributed by atoms with E-state index in [4.69, 9.17) is 16.3 Å². The maximum atomic E-state index is 12.0. The van der Waals surface area contributed by atoms with Crippen LogP contribution in [0.25, 0.3) is 0 Å². The molecule has 1 aliphatic rings. The Morgan fingerprint density at radius 2 is 1.79 bits per heavy atom. The third-order valence-corrected chi connectivity index (χ3v) is 4.74.